The zero-order chi connectivity index (χ0) is 13.0. The summed E-state index contributed by atoms with van der Waals surface area (Å²) in [7, 11) is 0. The second-order valence-electron chi connectivity index (χ2n) is 3.90. The Morgan fingerprint density at radius 2 is 2.18 bits per heavy atom. The third-order valence-electron chi connectivity index (χ3n) is 2.56. The number of rotatable bonds is 5. The number of aliphatic hydroxyl groups is 1. The number of phenolic OH excluding ortho intramolecular Hbond substituents is 1. The number of benzene rings is 1. The molecule has 0 saturated carbocycles. The average Bonchev–Trinajstić information content (AvgIpc) is 2.24. The largest absolute Gasteiger partial charge is 0.507 e. The van der Waals surface area contributed by atoms with Crippen LogP contribution in [0.4, 0.5) is 5.69 Å². The molecule has 1 aromatic carbocycles. The number of primary amides is 1. The van der Waals surface area contributed by atoms with E-state index in [1.165, 1.54) is 6.07 Å². The van der Waals surface area contributed by atoms with Gasteiger partial charge in [-0.2, -0.15) is 0 Å². The summed E-state index contributed by atoms with van der Waals surface area (Å²) in [5, 5.41) is 19.1. The fraction of sp³-hybridized carbons (Fsp3) is 0.417. The van der Waals surface area contributed by atoms with Crippen molar-refractivity contribution >= 4 is 11.6 Å². The number of hydrogen-bond acceptors (Lipinski definition) is 4. The summed E-state index contributed by atoms with van der Waals surface area (Å²) in [6, 6.07) is 4.90. The molecule has 1 rings (SSSR count). The Kier molecular flexibility index (Phi) is 4.34. The van der Waals surface area contributed by atoms with Crippen LogP contribution >= 0.6 is 0 Å². The number of aliphatic hydroxyl groups excluding tert-OH is 1. The molecule has 94 valence electrons. The highest BCUT2D eigenvalue weighted by atomic mass is 16.3. The van der Waals surface area contributed by atoms with Crippen molar-refractivity contribution in [1.82, 2.24) is 0 Å². The third-order valence-corrected chi connectivity index (χ3v) is 2.56. The third kappa shape index (κ3) is 3.35. The Hall–Kier alpha value is -1.75. The summed E-state index contributed by atoms with van der Waals surface area (Å²) >= 11 is 0. The van der Waals surface area contributed by atoms with Gasteiger partial charge in [0.15, 0.2) is 0 Å². The van der Waals surface area contributed by atoms with Crippen LogP contribution in [-0.4, -0.2) is 29.2 Å². The van der Waals surface area contributed by atoms with E-state index in [0.29, 0.717) is 17.8 Å². The SMILES string of the molecule is CCN(CC(N)=O)c1ccc(C(C)O)c(O)c1. The second kappa shape index (κ2) is 5.54. The lowest BCUT2D eigenvalue weighted by Crippen LogP contribution is -2.33. The first kappa shape index (κ1) is 13.3. The molecular formula is C12H18N2O3. The molecule has 5 heteroatoms. The number of carbonyl (C=O) groups excluding carboxylic acids is 1. The van der Waals surface area contributed by atoms with Gasteiger partial charge in [-0.05, 0) is 19.9 Å². The van der Waals surface area contributed by atoms with Gasteiger partial charge in [0.25, 0.3) is 0 Å². The number of nitrogens with zero attached hydrogens (tertiary/aromatic N) is 1. The molecule has 1 unspecified atom stereocenters. The molecule has 0 spiro atoms. The van der Waals surface area contributed by atoms with E-state index in [1.54, 1.807) is 24.0 Å². The normalized spacial score (nSPS) is 12.2. The number of carbonyl (C=O) groups is 1. The molecule has 1 aromatic rings. The number of hydrogen-bond donors (Lipinski definition) is 3. The number of aromatic hydroxyl groups is 1. The Morgan fingerprint density at radius 3 is 2.59 bits per heavy atom. The van der Waals surface area contributed by atoms with Crippen molar-refractivity contribution < 1.29 is 15.0 Å². The van der Waals surface area contributed by atoms with Crippen molar-refractivity contribution in [2.45, 2.75) is 20.0 Å². The number of nitrogens with two attached hydrogens (primary N) is 1. The van der Waals surface area contributed by atoms with Crippen molar-refractivity contribution in [3.05, 3.63) is 23.8 Å². The van der Waals surface area contributed by atoms with Crippen LogP contribution in [0, 0.1) is 0 Å². The molecule has 5 nitrogen and oxygen atoms in total. The predicted octanol–water partition coefficient (Wildman–Crippen LogP) is 0.757. The van der Waals surface area contributed by atoms with E-state index >= 15 is 0 Å². The van der Waals surface area contributed by atoms with Crippen LogP contribution < -0.4 is 10.6 Å². The molecule has 0 aromatic heterocycles. The van der Waals surface area contributed by atoms with Gasteiger partial charge >= 0.3 is 0 Å². The highest BCUT2D eigenvalue weighted by molar-refractivity contribution is 5.79. The van der Waals surface area contributed by atoms with E-state index in [4.69, 9.17) is 5.73 Å². The van der Waals surface area contributed by atoms with E-state index in [-0.39, 0.29) is 12.3 Å². The molecule has 0 bridgehead atoms. The molecule has 17 heavy (non-hydrogen) atoms. The summed E-state index contributed by atoms with van der Waals surface area (Å²) < 4.78 is 0. The van der Waals surface area contributed by atoms with Gasteiger partial charge in [0, 0.05) is 23.9 Å². The monoisotopic (exact) mass is 238 g/mol. The van der Waals surface area contributed by atoms with Gasteiger partial charge in [0.1, 0.15) is 5.75 Å². The van der Waals surface area contributed by atoms with Crippen LogP contribution in [0.5, 0.6) is 5.75 Å². The number of phenols is 1. The highest BCUT2D eigenvalue weighted by Gasteiger charge is 2.12. The van der Waals surface area contributed by atoms with E-state index in [2.05, 4.69) is 0 Å². The molecule has 0 fully saturated rings. The molecule has 1 amide bonds. The molecule has 0 aliphatic rings. The average molecular weight is 238 g/mol. The lowest BCUT2D eigenvalue weighted by molar-refractivity contribution is -0.116. The van der Waals surface area contributed by atoms with Crippen molar-refractivity contribution in [1.29, 1.82) is 0 Å². The van der Waals surface area contributed by atoms with Gasteiger partial charge in [0.2, 0.25) is 5.91 Å². The second-order valence-corrected chi connectivity index (χ2v) is 3.90. The van der Waals surface area contributed by atoms with Gasteiger partial charge in [0.05, 0.1) is 12.6 Å². The first-order valence-electron chi connectivity index (χ1n) is 5.50. The topological polar surface area (TPSA) is 86.8 Å². The first-order chi connectivity index (χ1) is 7.95. The molecule has 0 saturated heterocycles. The maximum Gasteiger partial charge on any atom is 0.236 e. The maximum atomic E-state index is 10.9. The highest BCUT2D eigenvalue weighted by Crippen LogP contribution is 2.28. The van der Waals surface area contributed by atoms with Gasteiger partial charge in [-0.1, -0.05) is 6.07 Å². The van der Waals surface area contributed by atoms with E-state index in [1.807, 2.05) is 6.92 Å². The van der Waals surface area contributed by atoms with Crippen LogP contribution in [0.25, 0.3) is 0 Å². The maximum absolute atomic E-state index is 10.9. The van der Waals surface area contributed by atoms with E-state index in [9.17, 15) is 15.0 Å². The molecular weight excluding hydrogens is 220 g/mol. The van der Waals surface area contributed by atoms with E-state index < -0.39 is 12.0 Å². The molecule has 0 aliphatic heterocycles. The minimum absolute atomic E-state index is 0.0143. The fourth-order valence-corrected chi connectivity index (χ4v) is 1.66. The van der Waals surface area contributed by atoms with Crippen LogP contribution in [0.2, 0.25) is 0 Å². The van der Waals surface area contributed by atoms with Crippen molar-refractivity contribution in [2.75, 3.05) is 18.0 Å². The smallest absolute Gasteiger partial charge is 0.236 e. The standard InChI is InChI=1S/C12H18N2O3/c1-3-14(7-12(13)17)9-4-5-10(8(2)15)11(16)6-9/h4-6,8,15-16H,3,7H2,1-2H3,(H2,13,17). The van der Waals surface area contributed by atoms with Crippen LogP contribution in [0.1, 0.15) is 25.5 Å². The Labute approximate surface area is 100 Å². The quantitative estimate of drug-likeness (QED) is 0.706. The first-order valence-corrected chi connectivity index (χ1v) is 5.50. The van der Waals surface area contributed by atoms with Gasteiger partial charge < -0.3 is 20.8 Å². The van der Waals surface area contributed by atoms with Crippen LogP contribution in [0.15, 0.2) is 18.2 Å². The predicted molar refractivity (Wildman–Crippen MR) is 65.8 cm³/mol. The molecule has 0 radical (unpaired) electrons. The van der Waals surface area contributed by atoms with Crippen LogP contribution in [0.3, 0.4) is 0 Å². The summed E-state index contributed by atoms with van der Waals surface area (Å²) in [5.41, 5.74) is 6.30. The van der Waals surface area contributed by atoms with Crippen LogP contribution in [-0.2, 0) is 4.79 Å². The lowest BCUT2D eigenvalue weighted by atomic mass is 10.1. The van der Waals surface area contributed by atoms with Gasteiger partial charge in [-0.15, -0.1) is 0 Å². The zero-order valence-electron chi connectivity index (χ0n) is 10.1. The minimum Gasteiger partial charge on any atom is -0.507 e. The lowest BCUT2D eigenvalue weighted by Gasteiger charge is -2.22. The van der Waals surface area contributed by atoms with E-state index in [0.717, 1.165) is 0 Å². The molecule has 4 N–H and O–H groups in total. The Bertz CT molecular complexity index is 405. The van der Waals surface area contributed by atoms with Crippen molar-refractivity contribution in [3.63, 3.8) is 0 Å². The number of amides is 1. The Morgan fingerprint density at radius 1 is 1.53 bits per heavy atom. The number of likely N-dealkylation sites (N-methyl/N-ethyl adjacent to an activating group) is 1. The minimum atomic E-state index is -0.727. The molecule has 1 atom stereocenters. The Balaban J connectivity index is 2.98. The zero-order valence-corrected chi connectivity index (χ0v) is 10.1. The summed E-state index contributed by atoms with van der Waals surface area (Å²) in [6.07, 6.45) is -0.727. The molecule has 0 aliphatic carbocycles. The summed E-state index contributed by atoms with van der Waals surface area (Å²) in [6.45, 7) is 4.18. The fourth-order valence-electron chi connectivity index (χ4n) is 1.66. The molecule has 0 heterocycles. The van der Waals surface area contributed by atoms with Crippen molar-refractivity contribution in [2.24, 2.45) is 5.73 Å². The van der Waals surface area contributed by atoms with Gasteiger partial charge in [-0.25, -0.2) is 0 Å². The number of anilines is 1. The summed E-state index contributed by atoms with van der Waals surface area (Å²) in [5.74, 6) is -0.411. The van der Waals surface area contributed by atoms with Crippen molar-refractivity contribution in [3.8, 4) is 5.75 Å². The summed E-state index contributed by atoms with van der Waals surface area (Å²) in [4.78, 5) is 12.6. The van der Waals surface area contributed by atoms with Gasteiger partial charge in [-0.3, -0.25) is 4.79 Å².